The smallest absolute Gasteiger partial charge is 0.188 e. The second kappa shape index (κ2) is 7.72. The van der Waals surface area contributed by atoms with Gasteiger partial charge in [-0.3, -0.25) is 4.98 Å². The molecule has 0 saturated carbocycles. The van der Waals surface area contributed by atoms with E-state index in [1.165, 1.54) is 23.7 Å². The van der Waals surface area contributed by atoms with Gasteiger partial charge in [-0.25, -0.2) is 4.98 Å². The van der Waals surface area contributed by atoms with Gasteiger partial charge in [-0.15, -0.1) is 0 Å². The number of aryl methyl sites for hydroxylation is 2. The zero-order chi connectivity index (χ0) is 19.7. The number of nitrogens with zero attached hydrogens (tertiary/aromatic N) is 3. The number of hydrogen-bond donors (Lipinski definition) is 1. The Kier molecular flexibility index (Phi) is 5.73. The van der Waals surface area contributed by atoms with Crippen molar-refractivity contribution >= 4 is 30.3 Å². The average molecular weight is 384 g/mol. The SMILES string of the molecule is CCc1nc2cnc3ccccc3c2n1CCCCCC(C)(C)[Si](C)(C)O. The number of pyridine rings is 1. The summed E-state index contributed by atoms with van der Waals surface area (Å²) in [6, 6.07) is 8.34. The minimum Gasteiger partial charge on any atom is -0.432 e. The average Bonchev–Trinajstić information content (AvgIpc) is 2.98. The van der Waals surface area contributed by atoms with Gasteiger partial charge in [-0.1, -0.05) is 51.8 Å². The Bertz CT molecular complexity index is 924. The van der Waals surface area contributed by atoms with E-state index in [1.54, 1.807) is 0 Å². The van der Waals surface area contributed by atoms with E-state index in [2.05, 4.69) is 61.6 Å². The lowest BCUT2D eigenvalue weighted by molar-refractivity contribution is 0.432. The lowest BCUT2D eigenvalue weighted by atomic mass is 10.0. The minimum atomic E-state index is -2.10. The fraction of sp³-hybridized carbons (Fsp3) is 0.545. The molecule has 2 aromatic heterocycles. The molecule has 146 valence electrons. The highest BCUT2D eigenvalue weighted by Crippen LogP contribution is 2.40. The third kappa shape index (κ3) is 4.09. The molecule has 0 spiro atoms. The summed E-state index contributed by atoms with van der Waals surface area (Å²) in [7, 11) is -2.10. The van der Waals surface area contributed by atoms with Crippen LogP contribution in [0, 0.1) is 0 Å². The van der Waals surface area contributed by atoms with Gasteiger partial charge in [0.1, 0.15) is 11.3 Å². The van der Waals surface area contributed by atoms with Gasteiger partial charge < -0.3 is 9.36 Å². The predicted octanol–water partition coefficient (Wildman–Crippen LogP) is 5.68. The molecular formula is C22H33N3OSi. The van der Waals surface area contributed by atoms with Gasteiger partial charge in [0.05, 0.1) is 17.2 Å². The van der Waals surface area contributed by atoms with Crippen LogP contribution < -0.4 is 0 Å². The largest absolute Gasteiger partial charge is 0.432 e. The van der Waals surface area contributed by atoms with Crippen molar-refractivity contribution in [3.05, 3.63) is 36.3 Å². The lowest BCUT2D eigenvalue weighted by Gasteiger charge is -2.35. The van der Waals surface area contributed by atoms with Gasteiger partial charge in [-0.05, 0) is 37.0 Å². The molecule has 3 rings (SSSR count). The summed E-state index contributed by atoms with van der Waals surface area (Å²) in [5.74, 6) is 1.15. The maximum atomic E-state index is 10.5. The Morgan fingerprint density at radius 3 is 2.52 bits per heavy atom. The van der Waals surface area contributed by atoms with Crippen molar-refractivity contribution in [2.75, 3.05) is 0 Å². The minimum absolute atomic E-state index is 0.0746. The summed E-state index contributed by atoms with van der Waals surface area (Å²) in [6.45, 7) is 11.7. The number of benzene rings is 1. The van der Waals surface area contributed by atoms with Crippen molar-refractivity contribution in [3.8, 4) is 0 Å². The Labute approximate surface area is 163 Å². The van der Waals surface area contributed by atoms with Crippen LogP contribution in [0.2, 0.25) is 18.1 Å². The maximum Gasteiger partial charge on any atom is 0.188 e. The number of imidazole rings is 1. The number of fused-ring (bicyclic) bond motifs is 3. The third-order valence-corrected chi connectivity index (χ3v) is 9.78. The van der Waals surface area contributed by atoms with E-state index in [1.807, 2.05) is 12.3 Å². The first-order valence-corrected chi connectivity index (χ1v) is 13.1. The van der Waals surface area contributed by atoms with Crippen LogP contribution in [0.1, 0.15) is 52.3 Å². The van der Waals surface area contributed by atoms with Gasteiger partial charge >= 0.3 is 0 Å². The summed E-state index contributed by atoms with van der Waals surface area (Å²) in [5.41, 5.74) is 3.26. The van der Waals surface area contributed by atoms with E-state index in [0.717, 1.165) is 42.7 Å². The quantitative estimate of drug-likeness (QED) is 0.402. The highest BCUT2D eigenvalue weighted by Gasteiger charge is 2.37. The van der Waals surface area contributed by atoms with Crippen LogP contribution in [-0.4, -0.2) is 27.6 Å². The van der Waals surface area contributed by atoms with Crippen LogP contribution in [0.15, 0.2) is 30.5 Å². The van der Waals surface area contributed by atoms with E-state index in [4.69, 9.17) is 4.98 Å². The van der Waals surface area contributed by atoms with Crippen molar-refractivity contribution < 1.29 is 4.80 Å². The normalized spacial score (nSPS) is 13.0. The first kappa shape index (κ1) is 20.0. The van der Waals surface area contributed by atoms with E-state index in [9.17, 15) is 4.80 Å². The van der Waals surface area contributed by atoms with Crippen LogP contribution in [0.25, 0.3) is 21.9 Å². The van der Waals surface area contributed by atoms with Crippen LogP contribution in [0.5, 0.6) is 0 Å². The third-order valence-electron chi connectivity index (χ3n) is 6.21. The van der Waals surface area contributed by atoms with Crippen molar-refractivity contribution in [1.82, 2.24) is 14.5 Å². The molecule has 0 bridgehead atoms. The molecule has 27 heavy (non-hydrogen) atoms. The summed E-state index contributed by atoms with van der Waals surface area (Å²) in [4.78, 5) is 19.8. The van der Waals surface area contributed by atoms with Crippen LogP contribution in [-0.2, 0) is 13.0 Å². The van der Waals surface area contributed by atoms with E-state index >= 15 is 0 Å². The molecule has 0 radical (unpaired) electrons. The molecule has 2 heterocycles. The summed E-state index contributed by atoms with van der Waals surface area (Å²) in [5, 5.41) is 1.27. The molecule has 0 unspecified atom stereocenters. The number of hydrogen-bond acceptors (Lipinski definition) is 3. The second-order valence-corrected chi connectivity index (χ2v) is 13.3. The zero-order valence-electron chi connectivity index (χ0n) is 17.4. The zero-order valence-corrected chi connectivity index (χ0v) is 18.4. The molecule has 0 atom stereocenters. The summed E-state index contributed by atoms with van der Waals surface area (Å²) in [6.07, 6.45) is 7.42. The highest BCUT2D eigenvalue weighted by atomic mass is 28.4. The topological polar surface area (TPSA) is 50.9 Å². The molecule has 0 aliphatic rings. The predicted molar refractivity (Wildman–Crippen MR) is 117 cm³/mol. The van der Waals surface area contributed by atoms with Gasteiger partial charge in [0.2, 0.25) is 0 Å². The van der Waals surface area contributed by atoms with Gasteiger partial charge in [-0.2, -0.15) is 0 Å². The Balaban J connectivity index is 1.74. The van der Waals surface area contributed by atoms with Gasteiger partial charge in [0.25, 0.3) is 0 Å². The molecule has 4 nitrogen and oxygen atoms in total. The Morgan fingerprint density at radius 2 is 1.81 bits per heavy atom. The van der Waals surface area contributed by atoms with Gasteiger partial charge in [0.15, 0.2) is 8.32 Å². The molecule has 3 aromatic rings. The van der Waals surface area contributed by atoms with Crippen molar-refractivity contribution in [1.29, 1.82) is 0 Å². The van der Waals surface area contributed by atoms with Crippen LogP contribution in [0.3, 0.4) is 0 Å². The standard InChI is InChI=1S/C22H33N3OSi/c1-6-20-24-19-16-23-18-13-9-8-12-17(18)21(19)25(20)15-11-7-10-14-22(2,3)27(4,5)26/h8-9,12-13,16,26H,6-7,10-11,14-15H2,1-5H3. The molecular weight excluding hydrogens is 350 g/mol. The Hall–Kier alpha value is -1.72. The van der Waals surface area contributed by atoms with Crippen molar-refractivity contribution in [2.24, 2.45) is 0 Å². The second-order valence-electron chi connectivity index (χ2n) is 8.80. The van der Waals surface area contributed by atoms with Crippen molar-refractivity contribution in [2.45, 2.75) is 77.6 Å². The number of rotatable bonds is 8. The molecule has 1 aromatic carbocycles. The maximum absolute atomic E-state index is 10.5. The lowest BCUT2D eigenvalue weighted by Crippen LogP contribution is -2.38. The molecule has 0 saturated heterocycles. The number of para-hydroxylation sites is 1. The monoisotopic (exact) mass is 383 g/mol. The van der Waals surface area contributed by atoms with Crippen molar-refractivity contribution in [3.63, 3.8) is 0 Å². The molecule has 0 amide bonds. The van der Waals surface area contributed by atoms with Crippen LogP contribution >= 0.6 is 0 Å². The molecule has 0 fully saturated rings. The molecule has 0 aliphatic carbocycles. The molecule has 5 heteroatoms. The first-order chi connectivity index (χ1) is 12.7. The Morgan fingerprint density at radius 1 is 1.07 bits per heavy atom. The fourth-order valence-corrected chi connectivity index (χ4v) is 4.43. The molecule has 0 aliphatic heterocycles. The first-order valence-electron chi connectivity index (χ1n) is 10.2. The number of aromatic nitrogens is 3. The van der Waals surface area contributed by atoms with E-state index in [-0.39, 0.29) is 5.04 Å². The highest BCUT2D eigenvalue weighted by molar-refractivity contribution is 6.72. The molecule has 1 N–H and O–H groups in total. The van der Waals surface area contributed by atoms with Crippen LogP contribution in [0.4, 0.5) is 0 Å². The van der Waals surface area contributed by atoms with E-state index < -0.39 is 8.32 Å². The summed E-state index contributed by atoms with van der Waals surface area (Å²) >= 11 is 0. The van der Waals surface area contributed by atoms with E-state index in [0.29, 0.717) is 0 Å². The summed E-state index contributed by atoms with van der Waals surface area (Å²) < 4.78 is 2.40. The number of unbranched alkanes of at least 4 members (excludes halogenated alkanes) is 2. The van der Waals surface area contributed by atoms with Gasteiger partial charge in [0, 0.05) is 18.4 Å². The fourth-order valence-electron chi connectivity index (χ4n) is 3.64.